The van der Waals surface area contributed by atoms with Gasteiger partial charge in [-0.1, -0.05) is 78.1 Å². The summed E-state index contributed by atoms with van der Waals surface area (Å²) >= 11 is 0. The van der Waals surface area contributed by atoms with Gasteiger partial charge < -0.3 is 11.5 Å². The predicted octanol–water partition coefficient (Wildman–Crippen LogP) is 7.27. The summed E-state index contributed by atoms with van der Waals surface area (Å²) < 4.78 is 0. The monoisotopic (exact) mass is 494 g/mol. The number of rotatable bonds is 18. The molecule has 4 N–H and O–H groups in total. The molecule has 0 amide bonds. The standard InChI is InChI=1S/C24H50N6.2ClH/c1-7-9-11-13-15-17-19-27-21(25)23(3,4)29-30-24(5,6)22(26)28-20-18-16-14-12-10-8-2;;/h7-20H2,1-6H3,(H2,25,27)(H2,26,28);2*1H. The van der Waals surface area contributed by atoms with Crippen molar-refractivity contribution in [2.24, 2.45) is 31.7 Å². The van der Waals surface area contributed by atoms with E-state index < -0.39 is 11.1 Å². The SMILES string of the molecule is CCCCCCCCN=C(N)C(C)(C)N=NC(C)(C)C(N)=NCCCCCCCC.Cl.Cl. The largest absolute Gasteiger partial charge is 0.385 e. The van der Waals surface area contributed by atoms with Gasteiger partial charge in [-0.25, -0.2) is 0 Å². The lowest BCUT2D eigenvalue weighted by atomic mass is 10.0. The number of amidine groups is 2. The summed E-state index contributed by atoms with van der Waals surface area (Å²) in [6, 6.07) is 0. The second kappa shape index (κ2) is 20.7. The molecule has 0 aliphatic carbocycles. The Kier molecular flexibility index (Phi) is 23.1. The van der Waals surface area contributed by atoms with E-state index in [-0.39, 0.29) is 24.8 Å². The lowest BCUT2D eigenvalue weighted by molar-refractivity contribution is 0.554. The maximum Gasteiger partial charge on any atom is 0.132 e. The summed E-state index contributed by atoms with van der Waals surface area (Å²) in [5.41, 5.74) is 11.1. The molecule has 0 aromatic carbocycles. The highest BCUT2D eigenvalue weighted by Crippen LogP contribution is 2.17. The maximum atomic E-state index is 6.20. The second-order valence-corrected chi connectivity index (χ2v) is 9.39. The topological polar surface area (TPSA) is 101 Å². The molecule has 0 rings (SSSR count). The molecule has 8 heteroatoms. The first-order valence-electron chi connectivity index (χ1n) is 12.2. The zero-order valence-electron chi connectivity index (χ0n) is 21.7. The number of hydrogen-bond donors (Lipinski definition) is 2. The van der Waals surface area contributed by atoms with Gasteiger partial charge in [0.2, 0.25) is 0 Å². The van der Waals surface area contributed by atoms with Crippen LogP contribution >= 0.6 is 24.8 Å². The zero-order valence-corrected chi connectivity index (χ0v) is 23.3. The minimum atomic E-state index is -0.640. The van der Waals surface area contributed by atoms with Gasteiger partial charge in [0, 0.05) is 13.1 Å². The van der Waals surface area contributed by atoms with Crippen LogP contribution in [0.3, 0.4) is 0 Å². The summed E-state index contributed by atoms with van der Waals surface area (Å²) in [5, 5.41) is 8.95. The molecule has 0 saturated heterocycles. The molecule has 0 spiro atoms. The lowest BCUT2D eigenvalue weighted by Gasteiger charge is -2.22. The van der Waals surface area contributed by atoms with E-state index in [1.54, 1.807) is 0 Å². The molecular formula is C24H52Cl2N6. The average molecular weight is 496 g/mol. The van der Waals surface area contributed by atoms with Crippen molar-refractivity contribution in [3.05, 3.63) is 0 Å². The molecule has 0 bridgehead atoms. The fraction of sp³-hybridized carbons (Fsp3) is 0.917. The molecular weight excluding hydrogens is 443 g/mol. The van der Waals surface area contributed by atoms with Crippen molar-refractivity contribution in [3.63, 3.8) is 0 Å². The summed E-state index contributed by atoms with van der Waals surface area (Å²) in [7, 11) is 0. The highest BCUT2D eigenvalue weighted by atomic mass is 35.5. The summed E-state index contributed by atoms with van der Waals surface area (Å²) in [5.74, 6) is 1.05. The average Bonchev–Trinajstić information content (AvgIpc) is 2.70. The number of hydrogen-bond acceptors (Lipinski definition) is 4. The zero-order chi connectivity index (χ0) is 22.9. The van der Waals surface area contributed by atoms with E-state index >= 15 is 0 Å². The summed E-state index contributed by atoms with van der Waals surface area (Å²) in [6.07, 6.45) is 14.9. The van der Waals surface area contributed by atoms with Crippen LogP contribution < -0.4 is 11.5 Å². The number of azo groups is 1. The first-order valence-corrected chi connectivity index (χ1v) is 12.2. The predicted molar refractivity (Wildman–Crippen MR) is 147 cm³/mol. The van der Waals surface area contributed by atoms with Crippen molar-refractivity contribution >= 4 is 36.5 Å². The highest BCUT2D eigenvalue weighted by molar-refractivity contribution is 5.90. The van der Waals surface area contributed by atoms with Crippen LogP contribution in [0, 0.1) is 0 Å². The lowest BCUT2D eigenvalue weighted by Crippen LogP contribution is -2.40. The first-order chi connectivity index (χ1) is 14.2. The Morgan fingerprint density at radius 1 is 0.531 bits per heavy atom. The number of nitrogens with two attached hydrogens (primary N) is 2. The van der Waals surface area contributed by atoms with Crippen molar-refractivity contribution < 1.29 is 0 Å². The van der Waals surface area contributed by atoms with Crippen LogP contribution in [-0.2, 0) is 0 Å². The molecule has 0 radical (unpaired) electrons. The quantitative estimate of drug-likeness (QED) is 0.0903. The molecule has 0 unspecified atom stereocenters. The molecule has 0 aromatic heterocycles. The molecule has 0 heterocycles. The molecule has 32 heavy (non-hydrogen) atoms. The van der Waals surface area contributed by atoms with Gasteiger partial charge in [0.1, 0.15) is 22.7 Å². The Morgan fingerprint density at radius 2 is 0.812 bits per heavy atom. The van der Waals surface area contributed by atoms with E-state index in [2.05, 4.69) is 34.1 Å². The van der Waals surface area contributed by atoms with E-state index in [1.807, 2.05) is 27.7 Å². The van der Waals surface area contributed by atoms with Gasteiger partial charge in [0.05, 0.1) is 0 Å². The summed E-state index contributed by atoms with van der Waals surface area (Å²) in [6.45, 7) is 13.7. The van der Waals surface area contributed by atoms with Crippen LogP contribution in [0.5, 0.6) is 0 Å². The van der Waals surface area contributed by atoms with Crippen molar-refractivity contribution in [2.75, 3.05) is 13.1 Å². The number of aliphatic imine (C=N–C) groups is 2. The van der Waals surface area contributed by atoms with E-state index in [9.17, 15) is 0 Å². The van der Waals surface area contributed by atoms with Crippen molar-refractivity contribution in [2.45, 2.75) is 130 Å². The van der Waals surface area contributed by atoms with Crippen LogP contribution in [0.4, 0.5) is 0 Å². The van der Waals surface area contributed by atoms with Gasteiger partial charge in [-0.05, 0) is 40.5 Å². The van der Waals surface area contributed by atoms with Crippen LogP contribution in [-0.4, -0.2) is 35.8 Å². The second-order valence-electron chi connectivity index (χ2n) is 9.39. The van der Waals surface area contributed by atoms with Gasteiger partial charge in [-0.3, -0.25) is 9.98 Å². The van der Waals surface area contributed by atoms with Crippen LogP contribution in [0.2, 0.25) is 0 Å². The third kappa shape index (κ3) is 17.6. The van der Waals surface area contributed by atoms with E-state index in [4.69, 9.17) is 11.5 Å². The minimum Gasteiger partial charge on any atom is -0.385 e. The fourth-order valence-corrected chi connectivity index (χ4v) is 2.92. The summed E-state index contributed by atoms with van der Waals surface area (Å²) in [4.78, 5) is 9.06. The fourth-order valence-electron chi connectivity index (χ4n) is 2.92. The van der Waals surface area contributed by atoms with Gasteiger partial charge in [0.25, 0.3) is 0 Å². The van der Waals surface area contributed by atoms with E-state index in [0.29, 0.717) is 11.7 Å². The smallest absolute Gasteiger partial charge is 0.132 e. The molecule has 192 valence electrons. The normalized spacial score (nSPS) is 13.2. The Labute approximate surface area is 210 Å². The molecule has 0 fully saturated rings. The van der Waals surface area contributed by atoms with Gasteiger partial charge >= 0.3 is 0 Å². The number of nitrogens with zero attached hydrogens (tertiary/aromatic N) is 4. The Hall–Kier alpha value is -0.880. The number of unbranched alkanes of at least 4 members (excludes halogenated alkanes) is 10. The van der Waals surface area contributed by atoms with Crippen LogP contribution in [0.15, 0.2) is 20.2 Å². The Morgan fingerprint density at radius 3 is 1.12 bits per heavy atom. The Balaban J connectivity index is -0.00000420. The minimum absolute atomic E-state index is 0. The van der Waals surface area contributed by atoms with E-state index in [1.165, 1.54) is 64.2 Å². The van der Waals surface area contributed by atoms with Crippen LogP contribution in [0.1, 0.15) is 119 Å². The molecule has 6 nitrogen and oxygen atoms in total. The maximum absolute atomic E-state index is 6.20. The van der Waals surface area contributed by atoms with Crippen molar-refractivity contribution in [3.8, 4) is 0 Å². The molecule has 0 saturated carbocycles. The Bertz CT molecular complexity index is 485. The van der Waals surface area contributed by atoms with Gasteiger partial charge in [0.15, 0.2) is 0 Å². The molecule has 0 atom stereocenters. The number of halogens is 2. The molecule has 0 aliphatic rings. The van der Waals surface area contributed by atoms with Gasteiger partial charge in [-0.2, -0.15) is 10.2 Å². The van der Waals surface area contributed by atoms with Crippen molar-refractivity contribution in [1.82, 2.24) is 0 Å². The molecule has 0 aliphatic heterocycles. The first kappa shape index (κ1) is 35.7. The molecule has 0 aromatic rings. The third-order valence-corrected chi connectivity index (χ3v) is 5.39. The highest BCUT2D eigenvalue weighted by Gasteiger charge is 2.27. The van der Waals surface area contributed by atoms with E-state index in [0.717, 1.165) is 25.9 Å². The van der Waals surface area contributed by atoms with Crippen LogP contribution in [0.25, 0.3) is 0 Å². The van der Waals surface area contributed by atoms with Gasteiger partial charge in [-0.15, -0.1) is 24.8 Å². The van der Waals surface area contributed by atoms with Crippen molar-refractivity contribution in [1.29, 1.82) is 0 Å². The third-order valence-electron chi connectivity index (χ3n) is 5.39.